The van der Waals surface area contributed by atoms with Gasteiger partial charge in [-0.3, -0.25) is 4.79 Å². The Hall–Kier alpha value is -0.620. The number of rotatable bonds is 5. The maximum atomic E-state index is 11.8. The van der Waals surface area contributed by atoms with Crippen molar-refractivity contribution in [2.24, 2.45) is 5.73 Å². The van der Waals surface area contributed by atoms with Crippen LogP contribution in [-0.2, 0) is 14.6 Å². The molecule has 0 spiro atoms. The van der Waals surface area contributed by atoms with Gasteiger partial charge in [-0.25, -0.2) is 8.42 Å². The van der Waals surface area contributed by atoms with Gasteiger partial charge in [-0.2, -0.15) is 0 Å². The molecule has 18 heavy (non-hydrogen) atoms. The normalized spacial score (nSPS) is 19.8. The molecule has 0 aromatic rings. The summed E-state index contributed by atoms with van der Waals surface area (Å²) < 4.78 is 22.0. The van der Waals surface area contributed by atoms with Gasteiger partial charge in [0.05, 0.1) is 4.75 Å². The van der Waals surface area contributed by atoms with Crippen molar-refractivity contribution in [1.82, 2.24) is 5.32 Å². The van der Waals surface area contributed by atoms with Gasteiger partial charge in [0.2, 0.25) is 5.91 Å². The molecular formula is C12H24N2O3S. The van der Waals surface area contributed by atoms with Crippen LogP contribution in [0.3, 0.4) is 0 Å². The summed E-state index contributed by atoms with van der Waals surface area (Å²) >= 11 is 0. The van der Waals surface area contributed by atoms with Crippen LogP contribution in [0.15, 0.2) is 0 Å². The minimum absolute atomic E-state index is 0.126. The van der Waals surface area contributed by atoms with E-state index < -0.39 is 14.6 Å². The first-order valence-corrected chi connectivity index (χ1v) is 8.20. The first kappa shape index (κ1) is 15.4. The van der Waals surface area contributed by atoms with Crippen LogP contribution in [0.1, 0.15) is 46.0 Å². The predicted octanol–water partition coefficient (Wildman–Crippen LogP) is 0.587. The van der Waals surface area contributed by atoms with Crippen LogP contribution in [0.4, 0.5) is 0 Å². The molecule has 0 aromatic carbocycles. The van der Waals surface area contributed by atoms with Crippen LogP contribution < -0.4 is 11.1 Å². The fraction of sp³-hybridized carbons (Fsp3) is 0.917. The molecule has 0 unspecified atom stereocenters. The molecular weight excluding hydrogens is 252 g/mol. The Labute approximate surface area is 109 Å². The lowest BCUT2D eigenvalue weighted by Gasteiger charge is -2.26. The number of hydrogen-bond donors (Lipinski definition) is 2. The summed E-state index contributed by atoms with van der Waals surface area (Å²) in [6.07, 6.45) is 5.34. The van der Waals surface area contributed by atoms with E-state index in [4.69, 9.17) is 5.73 Å². The zero-order valence-corrected chi connectivity index (χ0v) is 12.3. The number of sulfone groups is 1. The van der Waals surface area contributed by atoms with Gasteiger partial charge in [0.15, 0.2) is 9.84 Å². The van der Waals surface area contributed by atoms with E-state index in [1.807, 2.05) is 0 Å². The van der Waals surface area contributed by atoms with Crippen LogP contribution in [0.5, 0.6) is 0 Å². The van der Waals surface area contributed by atoms with E-state index in [-0.39, 0.29) is 24.4 Å². The third-order valence-corrected chi connectivity index (χ3v) is 5.98. The molecule has 0 heterocycles. The lowest BCUT2D eigenvalue weighted by atomic mass is 9.94. The fourth-order valence-corrected chi connectivity index (χ4v) is 2.42. The van der Waals surface area contributed by atoms with Crippen molar-refractivity contribution in [1.29, 1.82) is 0 Å². The Morgan fingerprint density at radius 1 is 1.33 bits per heavy atom. The highest BCUT2D eigenvalue weighted by Gasteiger charge is 2.34. The van der Waals surface area contributed by atoms with Crippen molar-refractivity contribution in [3.8, 4) is 0 Å². The molecule has 1 aliphatic carbocycles. The van der Waals surface area contributed by atoms with Crippen molar-refractivity contribution in [3.63, 3.8) is 0 Å². The van der Waals surface area contributed by atoms with Gasteiger partial charge < -0.3 is 11.1 Å². The number of hydrogen-bond acceptors (Lipinski definition) is 4. The van der Waals surface area contributed by atoms with Gasteiger partial charge >= 0.3 is 0 Å². The molecule has 0 aromatic heterocycles. The van der Waals surface area contributed by atoms with E-state index >= 15 is 0 Å². The monoisotopic (exact) mass is 276 g/mol. The average Bonchev–Trinajstić information content (AvgIpc) is 2.60. The molecule has 3 N–H and O–H groups in total. The van der Waals surface area contributed by atoms with Crippen LogP contribution in [0.2, 0.25) is 0 Å². The highest BCUT2D eigenvalue weighted by atomic mass is 32.2. The summed E-state index contributed by atoms with van der Waals surface area (Å²) in [6.45, 7) is 3.34. The van der Waals surface area contributed by atoms with Gasteiger partial charge in [0.25, 0.3) is 0 Å². The molecule has 1 amide bonds. The summed E-state index contributed by atoms with van der Waals surface area (Å²) in [4.78, 5) is 11.8. The molecule has 1 saturated carbocycles. The van der Waals surface area contributed by atoms with Crippen molar-refractivity contribution < 1.29 is 13.2 Å². The average molecular weight is 276 g/mol. The van der Waals surface area contributed by atoms with E-state index in [9.17, 15) is 13.2 Å². The standard InChI is InChI=1S/C12H24N2O3S/c1-11(2,18(3,16)17)9-14-10(15)8-12(13)6-4-5-7-12/h4-9,13H2,1-3H3,(H,14,15). The molecule has 0 bridgehead atoms. The second-order valence-corrected chi connectivity index (χ2v) is 8.70. The maximum absolute atomic E-state index is 11.8. The van der Waals surface area contributed by atoms with E-state index in [0.717, 1.165) is 25.7 Å². The molecule has 1 fully saturated rings. The zero-order chi connectivity index (χ0) is 14.0. The van der Waals surface area contributed by atoms with E-state index in [2.05, 4.69) is 5.32 Å². The van der Waals surface area contributed by atoms with Gasteiger partial charge in [0.1, 0.15) is 0 Å². The Balaban J connectivity index is 2.47. The third-order valence-electron chi connectivity index (χ3n) is 3.83. The number of nitrogens with two attached hydrogens (primary N) is 1. The Morgan fingerprint density at radius 2 is 1.83 bits per heavy atom. The number of nitrogens with one attached hydrogen (secondary N) is 1. The van der Waals surface area contributed by atoms with Crippen LogP contribution in [-0.4, -0.2) is 37.4 Å². The van der Waals surface area contributed by atoms with E-state index in [1.54, 1.807) is 13.8 Å². The zero-order valence-electron chi connectivity index (χ0n) is 11.5. The lowest BCUT2D eigenvalue weighted by molar-refractivity contribution is -0.122. The van der Waals surface area contributed by atoms with Gasteiger partial charge in [-0.05, 0) is 26.7 Å². The summed E-state index contributed by atoms with van der Waals surface area (Å²) in [5.41, 5.74) is 5.72. The molecule has 1 aliphatic rings. The van der Waals surface area contributed by atoms with Gasteiger partial charge in [-0.1, -0.05) is 12.8 Å². The Kier molecular flexibility index (Phi) is 4.43. The smallest absolute Gasteiger partial charge is 0.221 e. The van der Waals surface area contributed by atoms with Crippen LogP contribution >= 0.6 is 0 Å². The van der Waals surface area contributed by atoms with Gasteiger partial charge in [0, 0.05) is 24.8 Å². The van der Waals surface area contributed by atoms with Crippen molar-refractivity contribution >= 4 is 15.7 Å². The minimum atomic E-state index is -3.19. The molecule has 0 radical (unpaired) electrons. The molecule has 0 saturated heterocycles. The number of amides is 1. The molecule has 5 nitrogen and oxygen atoms in total. The van der Waals surface area contributed by atoms with Crippen LogP contribution in [0.25, 0.3) is 0 Å². The van der Waals surface area contributed by atoms with Crippen molar-refractivity contribution in [2.45, 2.75) is 56.2 Å². The molecule has 0 aliphatic heterocycles. The lowest BCUT2D eigenvalue weighted by Crippen LogP contribution is -2.47. The highest BCUT2D eigenvalue weighted by Crippen LogP contribution is 2.29. The highest BCUT2D eigenvalue weighted by molar-refractivity contribution is 7.92. The fourth-order valence-electron chi connectivity index (χ4n) is 2.08. The number of carbonyl (C=O) groups is 1. The summed E-state index contributed by atoms with van der Waals surface area (Å²) in [7, 11) is -3.19. The molecule has 6 heteroatoms. The Bertz CT molecular complexity index is 409. The largest absolute Gasteiger partial charge is 0.354 e. The van der Waals surface area contributed by atoms with Crippen LogP contribution in [0, 0.1) is 0 Å². The molecule has 106 valence electrons. The second kappa shape index (κ2) is 5.17. The SMILES string of the molecule is CC(C)(CNC(=O)CC1(N)CCCC1)S(C)(=O)=O. The second-order valence-electron chi connectivity index (χ2n) is 6.05. The number of carbonyl (C=O) groups excluding carboxylic acids is 1. The first-order chi connectivity index (χ1) is 8.06. The first-order valence-electron chi connectivity index (χ1n) is 6.31. The molecule has 0 atom stereocenters. The van der Waals surface area contributed by atoms with E-state index in [1.165, 1.54) is 6.26 Å². The predicted molar refractivity (Wildman–Crippen MR) is 71.9 cm³/mol. The van der Waals surface area contributed by atoms with Gasteiger partial charge in [-0.15, -0.1) is 0 Å². The van der Waals surface area contributed by atoms with E-state index in [0.29, 0.717) is 0 Å². The summed E-state index contributed by atoms with van der Waals surface area (Å²) in [5, 5.41) is 2.68. The quantitative estimate of drug-likeness (QED) is 0.769. The minimum Gasteiger partial charge on any atom is -0.354 e. The third kappa shape index (κ3) is 3.95. The van der Waals surface area contributed by atoms with Crippen molar-refractivity contribution in [3.05, 3.63) is 0 Å². The molecule has 1 rings (SSSR count). The van der Waals surface area contributed by atoms with Crippen molar-refractivity contribution in [2.75, 3.05) is 12.8 Å². The Morgan fingerprint density at radius 3 is 2.28 bits per heavy atom. The topological polar surface area (TPSA) is 89.3 Å². The summed E-state index contributed by atoms with van der Waals surface area (Å²) in [6, 6.07) is 0. The summed E-state index contributed by atoms with van der Waals surface area (Å²) in [5.74, 6) is -0.156. The maximum Gasteiger partial charge on any atom is 0.221 e.